The first-order valence-electron chi connectivity index (χ1n) is 5.63. The number of rotatable bonds is 3. The molecule has 0 unspecified atom stereocenters. The second-order valence-electron chi connectivity index (χ2n) is 4.10. The first-order chi connectivity index (χ1) is 9.01. The van der Waals surface area contributed by atoms with Crippen molar-refractivity contribution in [1.82, 2.24) is 0 Å². The van der Waals surface area contributed by atoms with Crippen LogP contribution in [0, 0.1) is 18.6 Å². The smallest absolute Gasteiger partial charge is 0.198 e. The minimum Gasteiger partial charge on any atom is -0.451 e. The van der Waals surface area contributed by atoms with E-state index in [1.54, 1.807) is 25.1 Å². The lowest BCUT2D eigenvalue weighted by Crippen LogP contribution is -2.01. The lowest BCUT2D eigenvalue weighted by molar-refractivity contribution is 0.404. The van der Waals surface area contributed by atoms with Crippen molar-refractivity contribution in [2.24, 2.45) is 5.73 Å². The summed E-state index contributed by atoms with van der Waals surface area (Å²) in [7, 11) is 0. The molecule has 0 heterocycles. The highest BCUT2D eigenvalue weighted by Gasteiger charge is 2.14. The summed E-state index contributed by atoms with van der Waals surface area (Å²) in [6.07, 6.45) is 0. The minimum atomic E-state index is -0.761. The van der Waals surface area contributed by atoms with E-state index < -0.39 is 17.4 Å². The Morgan fingerprint density at radius 1 is 1.16 bits per heavy atom. The molecular formula is C14H12BrF2NO. The normalized spacial score (nSPS) is 10.6. The molecular weight excluding hydrogens is 316 g/mol. The molecule has 2 nitrogen and oxygen atoms in total. The van der Waals surface area contributed by atoms with Crippen molar-refractivity contribution in [2.75, 3.05) is 0 Å². The minimum absolute atomic E-state index is 0.0748. The predicted molar refractivity (Wildman–Crippen MR) is 73.2 cm³/mol. The van der Waals surface area contributed by atoms with Gasteiger partial charge in [-0.2, -0.15) is 0 Å². The molecule has 100 valence electrons. The van der Waals surface area contributed by atoms with Crippen molar-refractivity contribution in [1.29, 1.82) is 0 Å². The van der Waals surface area contributed by atoms with E-state index in [-0.39, 0.29) is 6.54 Å². The average molecular weight is 328 g/mol. The first-order valence-corrected chi connectivity index (χ1v) is 6.42. The summed E-state index contributed by atoms with van der Waals surface area (Å²) < 4.78 is 33.7. The molecule has 2 aromatic rings. The molecule has 2 N–H and O–H groups in total. The van der Waals surface area contributed by atoms with Gasteiger partial charge >= 0.3 is 0 Å². The Bertz CT molecular complexity index is 593. The number of hydrogen-bond donors (Lipinski definition) is 1. The quantitative estimate of drug-likeness (QED) is 0.912. The summed E-state index contributed by atoms with van der Waals surface area (Å²) >= 11 is 3.31. The molecule has 0 spiro atoms. The average Bonchev–Trinajstić information content (AvgIpc) is 2.35. The topological polar surface area (TPSA) is 35.2 Å². The fourth-order valence-electron chi connectivity index (χ4n) is 1.67. The van der Waals surface area contributed by atoms with E-state index in [9.17, 15) is 8.78 Å². The van der Waals surface area contributed by atoms with Crippen molar-refractivity contribution in [3.05, 3.63) is 57.6 Å². The summed E-state index contributed by atoms with van der Waals surface area (Å²) in [4.78, 5) is 0. The summed E-state index contributed by atoms with van der Waals surface area (Å²) in [5.74, 6) is -1.53. The second-order valence-corrected chi connectivity index (χ2v) is 5.02. The van der Waals surface area contributed by atoms with Crippen molar-refractivity contribution in [2.45, 2.75) is 13.5 Å². The molecule has 0 radical (unpaired) electrons. The molecule has 0 aromatic heterocycles. The van der Waals surface area contributed by atoms with Gasteiger partial charge in [0.15, 0.2) is 17.4 Å². The molecule has 0 aliphatic carbocycles. The second kappa shape index (κ2) is 5.67. The summed E-state index contributed by atoms with van der Waals surface area (Å²) in [5, 5.41) is 0. The van der Waals surface area contributed by atoms with Crippen LogP contribution < -0.4 is 10.5 Å². The summed E-state index contributed by atoms with van der Waals surface area (Å²) in [5.41, 5.74) is 6.51. The molecule has 2 rings (SSSR count). The third-order valence-electron chi connectivity index (χ3n) is 2.64. The van der Waals surface area contributed by atoms with Gasteiger partial charge in [0.05, 0.1) is 0 Å². The van der Waals surface area contributed by atoms with Crippen LogP contribution in [0.5, 0.6) is 11.5 Å². The Morgan fingerprint density at radius 3 is 2.32 bits per heavy atom. The zero-order valence-electron chi connectivity index (χ0n) is 10.2. The van der Waals surface area contributed by atoms with E-state index in [4.69, 9.17) is 10.5 Å². The Hall–Kier alpha value is -1.46. The number of aryl methyl sites for hydroxylation is 1. The number of ether oxygens (including phenoxy) is 1. The van der Waals surface area contributed by atoms with Gasteiger partial charge in [-0.1, -0.05) is 15.9 Å². The fourth-order valence-corrected chi connectivity index (χ4v) is 2.14. The molecule has 0 saturated heterocycles. The van der Waals surface area contributed by atoms with E-state index in [0.29, 0.717) is 11.3 Å². The van der Waals surface area contributed by atoms with E-state index in [1.165, 1.54) is 12.1 Å². The standard InChI is InChI=1S/C14H12BrF2NO/c1-8-4-10(15)2-3-13(8)19-14-11(16)5-9(7-18)6-12(14)17/h2-6H,7,18H2,1H3. The zero-order chi connectivity index (χ0) is 14.0. The Kier molecular flexibility index (Phi) is 4.17. The Labute approximate surface area is 118 Å². The first kappa shape index (κ1) is 14.0. The van der Waals surface area contributed by atoms with Crippen LogP contribution in [0.3, 0.4) is 0 Å². The SMILES string of the molecule is Cc1cc(Br)ccc1Oc1c(F)cc(CN)cc1F. The third kappa shape index (κ3) is 3.11. The lowest BCUT2D eigenvalue weighted by Gasteiger charge is -2.11. The number of hydrogen-bond acceptors (Lipinski definition) is 2. The maximum absolute atomic E-state index is 13.8. The molecule has 0 fully saturated rings. The Balaban J connectivity index is 2.38. The van der Waals surface area contributed by atoms with Gasteiger partial charge in [-0.05, 0) is 48.4 Å². The molecule has 5 heteroatoms. The lowest BCUT2D eigenvalue weighted by atomic mass is 10.2. The zero-order valence-corrected chi connectivity index (χ0v) is 11.8. The van der Waals surface area contributed by atoms with E-state index in [0.717, 1.165) is 10.0 Å². The number of halogens is 3. The van der Waals surface area contributed by atoms with Crippen molar-refractivity contribution in [3.8, 4) is 11.5 Å². The van der Waals surface area contributed by atoms with Crippen molar-refractivity contribution < 1.29 is 13.5 Å². The molecule has 0 atom stereocenters. The van der Waals surface area contributed by atoms with Gasteiger partial charge in [0, 0.05) is 11.0 Å². The van der Waals surface area contributed by atoms with Gasteiger partial charge in [0.25, 0.3) is 0 Å². The molecule has 2 aromatic carbocycles. The number of benzene rings is 2. The molecule has 19 heavy (non-hydrogen) atoms. The molecule has 0 amide bonds. The van der Waals surface area contributed by atoms with Crippen LogP contribution in [0.15, 0.2) is 34.8 Å². The highest BCUT2D eigenvalue weighted by molar-refractivity contribution is 9.10. The predicted octanol–water partition coefficient (Wildman–Crippen LogP) is 4.29. The van der Waals surface area contributed by atoms with Crippen LogP contribution in [-0.2, 0) is 6.54 Å². The monoisotopic (exact) mass is 327 g/mol. The van der Waals surface area contributed by atoms with Crippen LogP contribution in [-0.4, -0.2) is 0 Å². The summed E-state index contributed by atoms with van der Waals surface area (Å²) in [6.45, 7) is 1.87. The maximum Gasteiger partial charge on any atom is 0.198 e. The van der Waals surface area contributed by atoms with E-state index >= 15 is 0 Å². The molecule has 0 aliphatic rings. The molecule has 0 saturated carbocycles. The fraction of sp³-hybridized carbons (Fsp3) is 0.143. The van der Waals surface area contributed by atoms with Gasteiger partial charge in [-0.15, -0.1) is 0 Å². The Morgan fingerprint density at radius 2 is 1.79 bits per heavy atom. The molecule has 0 aliphatic heterocycles. The van der Waals surface area contributed by atoms with Crippen molar-refractivity contribution >= 4 is 15.9 Å². The van der Waals surface area contributed by atoms with Crippen LogP contribution >= 0.6 is 15.9 Å². The van der Waals surface area contributed by atoms with Crippen LogP contribution in [0.25, 0.3) is 0 Å². The third-order valence-corrected chi connectivity index (χ3v) is 3.14. The largest absolute Gasteiger partial charge is 0.451 e. The number of nitrogens with two attached hydrogens (primary N) is 1. The summed E-state index contributed by atoms with van der Waals surface area (Å²) in [6, 6.07) is 7.54. The van der Waals surface area contributed by atoms with Gasteiger partial charge in [-0.3, -0.25) is 0 Å². The van der Waals surface area contributed by atoms with Crippen LogP contribution in [0.4, 0.5) is 8.78 Å². The van der Waals surface area contributed by atoms with Gasteiger partial charge < -0.3 is 10.5 Å². The van der Waals surface area contributed by atoms with Crippen LogP contribution in [0.1, 0.15) is 11.1 Å². The van der Waals surface area contributed by atoms with Crippen LogP contribution in [0.2, 0.25) is 0 Å². The van der Waals surface area contributed by atoms with E-state index in [2.05, 4.69) is 15.9 Å². The van der Waals surface area contributed by atoms with Gasteiger partial charge in [-0.25, -0.2) is 8.78 Å². The molecule has 0 bridgehead atoms. The van der Waals surface area contributed by atoms with E-state index in [1.807, 2.05) is 0 Å². The van der Waals surface area contributed by atoms with Crippen molar-refractivity contribution in [3.63, 3.8) is 0 Å². The van der Waals surface area contributed by atoms with Gasteiger partial charge in [0.2, 0.25) is 0 Å². The van der Waals surface area contributed by atoms with Gasteiger partial charge in [0.1, 0.15) is 5.75 Å². The maximum atomic E-state index is 13.8. The highest BCUT2D eigenvalue weighted by Crippen LogP contribution is 2.31. The highest BCUT2D eigenvalue weighted by atomic mass is 79.9.